The van der Waals surface area contributed by atoms with Gasteiger partial charge in [-0.25, -0.2) is 0 Å². The summed E-state index contributed by atoms with van der Waals surface area (Å²) >= 11 is 0. The summed E-state index contributed by atoms with van der Waals surface area (Å²) in [5, 5.41) is 11.9. The van der Waals surface area contributed by atoms with Crippen LogP contribution in [0.25, 0.3) is 0 Å². The molecule has 0 bridgehead atoms. The first kappa shape index (κ1) is 13.3. The van der Waals surface area contributed by atoms with Crippen molar-refractivity contribution in [2.45, 2.75) is 31.9 Å². The first-order chi connectivity index (χ1) is 8.58. The molecule has 2 atom stereocenters. The maximum Gasteiger partial charge on any atom is 0.320 e. The van der Waals surface area contributed by atoms with Crippen LogP contribution in [0.3, 0.4) is 0 Å². The molecule has 0 aromatic carbocycles. The summed E-state index contributed by atoms with van der Waals surface area (Å²) in [6.45, 7) is 3.75. The quantitative estimate of drug-likeness (QED) is 0.705. The molecular formula is C12H20N2O4. The predicted molar refractivity (Wildman–Crippen MR) is 64.1 cm³/mol. The monoisotopic (exact) mass is 256 g/mol. The van der Waals surface area contributed by atoms with Crippen LogP contribution in [0, 0.1) is 5.92 Å². The maximum atomic E-state index is 11.9. The Balaban J connectivity index is 1.78. The molecule has 1 saturated heterocycles. The average Bonchev–Trinajstić information content (AvgIpc) is 3.13. The van der Waals surface area contributed by atoms with Gasteiger partial charge >= 0.3 is 5.97 Å². The molecule has 0 aromatic heterocycles. The van der Waals surface area contributed by atoms with Gasteiger partial charge in [-0.1, -0.05) is 0 Å². The van der Waals surface area contributed by atoms with Gasteiger partial charge in [0.1, 0.15) is 6.04 Å². The topological polar surface area (TPSA) is 78.9 Å². The van der Waals surface area contributed by atoms with Crippen LogP contribution in [0.15, 0.2) is 0 Å². The Morgan fingerprint density at radius 1 is 1.50 bits per heavy atom. The number of hydrogen-bond acceptors (Lipinski definition) is 4. The first-order valence-corrected chi connectivity index (χ1v) is 6.43. The van der Waals surface area contributed by atoms with Gasteiger partial charge in [-0.3, -0.25) is 14.9 Å². The zero-order valence-corrected chi connectivity index (χ0v) is 10.6. The third-order valence-electron chi connectivity index (χ3n) is 3.43. The van der Waals surface area contributed by atoms with Gasteiger partial charge in [-0.2, -0.15) is 0 Å². The van der Waals surface area contributed by atoms with Crippen LogP contribution in [0.5, 0.6) is 0 Å². The van der Waals surface area contributed by atoms with E-state index >= 15 is 0 Å². The van der Waals surface area contributed by atoms with E-state index in [1.807, 2.05) is 6.92 Å². The summed E-state index contributed by atoms with van der Waals surface area (Å²) in [5.74, 6) is -0.711. The summed E-state index contributed by atoms with van der Waals surface area (Å²) in [5.41, 5.74) is 0. The van der Waals surface area contributed by atoms with Gasteiger partial charge in [0, 0.05) is 13.1 Å². The highest BCUT2D eigenvalue weighted by molar-refractivity contribution is 5.80. The molecule has 1 heterocycles. The van der Waals surface area contributed by atoms with Crippen molar-refractivity contribution < 1.29 is 19.4 Å². The van der Waals surface area contributed by atoms with E-state index < -0.39 is 12.0 Å². The van der Waals surface area contributed by atoms with Gasteiger partial charge < -0.3 is 14.7 Å². The molecule has 2 aliphatic rings. The van der Waals surface area contributed by atoms with Gasteiger partial charge in [-0.15, -0.1) is 0 Å². The summed E-state index contributed by atoms with van der Waals surface area (Å²) in [6, 6.07) is -0.576. The van der Waals surface area contributed by atoms with E-state index in [0.29, 0.717) is 19.7 Å². The molecule has 1 aliphatic heterocycles. The Bertz CT molecular complexity index is 330. The number of hydrogen-bond donors (Lipinski definition) is 2. The molecule has 1 aliphatic carbocycles. The van der Waals surface area contributed by atoms with E-state index in [1.54, 1.807) is 4.90 Å². The lowest BCUT2D eigenvalue weighted by molar-refractivity contribution is -0.141. The second kappa shape index (κ2) is 5.67. The zero-order chi connectivity index (χ0) is 13.1. The number of carbonyl (C=O) groups excluding carboxylic acids is 1. The second-order valence-electron chi connectivity index (χ2n) is 5.06. The number of carbonyl (C=O) groups is 2. The molecular weight excluding hydrogens is 236 g/mol. The van der Waals surface area contributed by atoms with Crippen LogP contribution in [0.4, 0.5) is 0 Å². The molecule has 0 spiro atoms. The van der Waals surface area contributed by atoms with E-state index in [0.717, 1.165) is 12.8 Å². The molecule has 6 heteroatoms. The van der Waals surface area contributed by atoms with Gasteiger partial charge in [0.05, 0.1) is 19.3 Å². The molecule has 1 amide bonds. The molecule has 0 radical (unpaired) electrons. The Hall–Kier alpha value is -1.14. The fourth-order valence-electron chi connectivity index (χ4n) is 2.24. The molecule has 6 nitrogen and oxygen atoms in total. The minimum atomic E-state index is -0.861. The molecule has 1 saturated carbocycles. The Kier molecular flexibility index (Phi) is 4.19. The van der Waals surface area contributed by atoms with Gasteiger partial charge in [-0.05, 0) is 25.7 Å². The van der Waals surface area contributed by atoms with Crippen molar-refractivity contribution in [1.82, 2.24) is 10.2 Å². The van der Waals surface area contributed by atoms with Crippen molar-refractivity contribution >= 4 is 11.9 Å². The number of ether oxygens (including phenoxy) is 1. The number of nitrogens with zero attached hydrogens (tertiary/aromatic N) is 1. The molecule has 18 heavy (non-hydrogen) atoms. The van der Waals surface area contributed by atoms with Crippen molar-refractivity contribution in [2.24, 2.45) is 5.92 Å². The lowest BCUT2D eigenvalue weighted by atomic mass is 10.2. The third kappa shape index (κ3) is 3.43. The van der Waals surface area contributed by atoms with E-state index in [1.165, 1.54) is 0 Å². The van der Waals surface area contributed by atoms with Crippen LogP contribution in [0.2, 0.25) is 0 Å². The molecule has 102 valence electrons. The highest BCUT2D eigenvalue weighted by Gasteiger charge is 2.36. The van der Waals surface area contributed by atoms with E-state index in [-0.39, 0.29) is 24.5 Å². The summed E-state index contributed by atoms with van der Waals surface area (Å²) < 4.78 is 5.36. The second-order valence-corrected chi connectivity index (χ2v) is 5.06. The van der Waals surface area contributed by atoms with Crippen molar-refractivity contribution in [1.29, 1.82) is 0 Å². The SMILES string of the molecule is CC1CN(C(=O)CNC(C(=O)O)C2CC2)CCO1. The third-order valence-corrected chi connectivity index (χ3v) is 3.43. The normalized spacial score (nSPS) is 25.8. The number of carboxylic acid groups (broad SMARTS) is 1. The molecule has 0 aromatic rings. The fraction of sp³-hybridized carbons (Fsp3) is 0.833. The van der Waals surface area contributed by atoms with Crippen molar-refractivity contribution in [3.63, 3.8) is 0 Å². The number of carboxylic acids is 1. The summed E-state index contributed by atoms with van der Waals surface area (Å²) in [4.78, 5) is 24.7. The highest BCUT2D eigenvalue weighted by Crippen LogP contribution is 2.32. The standard InChI is InChI=1S/C12H20N2O4/c1-8-7-14(4-5-18-8)10(15)6-13-11(12(16)17)9-2-3-9/h8-9,11,13H,2-7H2,1H3,(H,16,17). The summed E-state index contributed by atoms with van der Waals surface area (Å²) in [6.07, 6.45) is 1.93. The van der Waals surface area contributed by atoms with E-state index in [9.17, 15) is 9.59 Å². The van der Waals surface area contributed by atoms with Crippen LogP contribution in [-0.4, -0.2) is 60.3 Å². The van der Waals surface area contributed by atoms with E-state index in [2.05, 4.69) is 5.32 Å². The van der Waals surface area contributed by atoms with Crippen molar-refractivity contribution in [2.75, 3.05) is 26.2 Å². The van der Waals surface area contributed by atoms with Gasteiger partial charge in [0.25, 0.3) is 0 Å². The number of morpholine rings is 1. The number of amides is 1. The molecule has 2 N–H and O–H groups in total. The Morgan fingerprint density at radius 3 is 2.78 bits per heavy atom. The zero-order valence-electron chi connectivity index (χ0n) is 10.6. The smallest absolute Gasteiger partial charge is 0.320 e. The average molecular weight is 256 g/mol. The van der Waals surface area contributed by atoms with Crippen molar-refractivity contribution in [3.8, 4) is 0 Å². The number of nitrogens with one attached hydrogen (secondary N) is 1. The largest absolute Gasteiger partial charge is 0.480 e. The first-order valence-electron chi connectivity index (χ1n) is 6.43. The maximum absolute atomic E-state index is 11.9. The fourth-order valence-corrected chi connectivity index (χ4v) is 2.24. The molecule has 2 fully saturated rings. The van der Waals surface area contributed by atoms with E-state index in [4.69, 9.17) is 9.84 Å². The van der Waals surface area contributed by atoms with Crippen LogP contribution in [-0.2, 0) is 14.3 Å². The van der Waals surface area contributed by atoms with Crippen LogP contribution >= 0.6 is 0 Å². The lowest BCUT2D eigenvalue weighted by Crippen LogP contribution is -2.50. The van der Waals surface area contributed by atoms with Crippen LogP contribution < -0.4 is 5.32 Å². The minimum absolute atomic E-state index is 0.0444. The van der Waals surface area contributed by atoms with Gasteiger partial charge in [0.15, 0.2) is 0 Å². The predicted octanol–water partition coefficient (Wildman–Crippen LogP) is -0.313. The Morgan fingerprint density at radius 2 is 2.22 bits per heavy atom. The lowest BCUT2D eigenvalue weighted by Gasteiger charge is -2.31. The van der Waals surface area contributed by atoms with Crippen LogP contribution in [0.1, 0.15) is 19.8 Å². The number of aliphatic carboxylic acids is 1. The summed E-state index contributed by atoms with van der Waals surface area (Å²) in [7, 11) is 0. The number of rotatable bonds is 5. The molecule has 2 unspecified atom stereocenters. The van der Waals surface area contributed by atoms with Crippen molar-refractivity contribution in [3.05, 3.63) is 0 Å². The molecule has 2 rings (SSSR count). The minimum Gasteiger partial charge on any atom is -0.480 e. The highest BCUT2D eigenvalue weighted by atomic mass is 16.5. The van der Waals surface area contributed by atoms with Gasteiger partial charge in [0.2, 0.25) is 5.91 Å². The Labute approximate surface area is 106 Å².